The molecule has 5 nitrogen and oxygen atoms in total. The van der Waals surface area contributed by atoms with Crippen LogP contribution in [0.25, 0.3) is 0 Å². The molecular formula is C8H10ClN3O2. The van der Waals surface area contributed by atoms with Crippen LogP contribution in [0.3, 0.4) is 0 Å². The predicted octanol–water partition coefficient (Wildman–Crippen LogP) is 1.49. The summed E-state index contributed by atoms with van der Waals surface area (Å²) in [5, 5.41) is 2.71. The van der Waals surface area contributed by atoms with Crippen LogP contribution in [0.2, 0.25) is 5.15 Å². The van der Waals surface area contributed by atoms with Crippen molar-refractivity contribution in [1.29, 1.82) is 0 Å². The van der Waals surface area contributed by atoms with Gasteiger partial charge in [0.05, 0.1) is 7.11 Å². The summed E-state index contributed by atoms with van der Waals surface area (Å²) in [6.07, 6.45) is 0.359. The van der Waals surface area contributed by atoms with E-state index in [1.165, 1.54) is 13.2 Å². The number of aromatic nitrogens is 2. The predicted molar refractivity (Wildman–Crippen MR) is 52.5 cm³/mol. The van der Waals surface area contributed by atoms with E-state index in [2.05, 4.69) is 15.3 Å². The summed E-state index contributed by atoms with van der Waals surface area (Å²) in [6, 6.07) is 1.46. The van der Waals surface area contributed by atoms with Gasteiger partial charge in [-0.2, -0.15) is 4.98 Å². The summed E-state index contributed by atoms with van der Waals surface area (Å²) >= 11 is 5.67. The maximum absolute atomic E-state index is 11.0. The van der Waals surface area contributed by atoms with Crippen molar-refractivity contribution in [1.82, 2.24) is 9.97 Å². The number of rotatable bonds is 3. The number of halogens is 1. The Bertz CT molecular complexity index is 343. The topological polar surface area (TPSA) is 64.1 Å². The lowest BCUT2D eigenvalue weighted by atomic mass is 10.4. The molecule has 0 atom stereocenters. The zero-order valence-electron chi connectivity index (χ0n) is 7.87. The summed E-state index contributed by atoms with van der Waals surface area (Å²) in [4.78, 5) is 18.7. The zero-order chi connectivity index (χ0) is 10.6. The molecule has 0 unspecified atom stereocenters. The summed E-state index contributed by atoms with van der Waals surface area (Å²) in [7, 11) is 1.46. The van der Waals surface area contributed by atoms with Crippen LogP contribution in [-0.2, 0) is 4.79 Å². The molecule has 0 aliphatic heterocycles. The second kappa shape index (κ2) is 4.76. The van der Waals surface area contributed by atoms with Crippen LogP contribution in [-0.4, -0.2) is 23.0 Å². The maximum atomic E-state index is 11.0. The molecule has 1 amide bonds. The molecule has 1 aromatic rings. The minimum Gasteiger partial charge on any atom is -0.481 e. The van der Waals surface area contributed by atoms with Crippen molar-refractivity contribution >= 4 is 23.5 Å². The summed E-state index contributed by atoms with van der Waals surface area (Å²) in [6.45, 7) is 1.73. The third kappa shape index (κ3) is 2.85. The molecule has 0 aliphatic rings. The minimum absolute atomic E-state index is 0.154. The monoisotopic (exact) mass is 215 g/mol. The lowest BCUT2D eigenvalue weighted by Crippen LogP contribution is -2.12. The standard InChI is InChI=1S/C8H10ClN3O2/c1-3-6(13)11-8-10-5(9)4-7(12-8)14-2/h4H,3H2,1-2H3,(H,10,11,12,13). The van der Waals surface area contributed by atoms with Crippen molar-refractivity contribution < 1.29 is 9.53 Å². The highest BCUT2D eigenvalue weighted by molar-refractivity contribution is 6.29. The van der Waals surface area contributed by atoms with E-state index in [0.717, 1.165) is 0 Å². The quantitative estimate of drug-likeness (QED) is 0.776. The third-order valence-corrected chi connectivity index (χ3v) is 1.65. The molecule has 0 spiro atoms. The maximum Gasteiger partial charge on any atom is 0.234 e. The number of carbonyl (C=O) groups excluding carboxylic acids is 1. The van der Waals surface area contributed by atoms with Gasteiger partial charge >= 0.3 is 0 Å². The summed E-state index contributed by atoms with van der Waals surface area (Å²) < 4.78 is 4.86. The van der Waals surface area contributed by atoms with Crippen LogP contribution < -0.4 is 10.1 Å². The van der Waals surface area contributed by atoms with E-state index in [0.29, 0.717) is 12.3 Å². The molecule has 14 heavy (non-hydrogen) atoms. The van der Waals surface area contributed by atoms with Gasteiger partial charge in [-0.3, -0.25) is 10.1 Å². The van der Waals surface area contributed by atoms with E-state index in [-0.39, 0.29) is 17.0 Å². The number of nitrogens with zero attached hydrogens (tertiary/aromatic N) is 2. The number of methoxy groups -OCH3 is 1. The van der Waals surface area contributed by atoms with Gasteiger partial charge in [0.2, 0.25) is 17.7 Å². The van der Waals surface area contributed by atoms with E-state index in [4.69, 9.17) is 16.3 Å². The van der Waals surface area contributed by atoms with Crippen LogP contribution in [0.1, 0.15) is 13.3 Å². The Balaban J connectivity index is 2.86. The molecule has 76 valence electrons. The number of ether oxygens (including phenoxy) is 1. The van der Waals surface area contributed by atoms with Gasteiger partial charge in [0.1, 0.15) is 5.15 Å². The van der Waals surface area contributed by atoms with E-state index in [9.17, 15) is 4.79 Å². The Hall–Kier alpha value is -1.36. The lowest BCUT2D eigenvalue weighted by Gasteiger charge is -2.04. The number of nitrogens with one attached hydrogen (secondary N) is 1. The van der Waals surface area contributed by atoms with E-state index >= 15 is 0 Å². The van der Waals surface area contributed by atoms with E-state index in [1.807, 2.05) is 0 Å². The first-order valence-corrected chi connectivity index (χ1v) is 4.42. The Kier molecular flexibility index (Phi) is 3.64. The molecule has 0 radical (unpaired) electrons. The Labute approximate surface area is 86.5 Å². The van der Waals surface area contributed by atoms with Crippen LogP contribution in [0, 0.1) is 0 Å². The molecule has 6 heteroatoms. The van der Waals surface area contributed by atoms with Gasteiger partial charge in [-0.1, -0.05) is 18.5 Å². The van der Waals surface area contributed by atoms with Gasteiger partial charge in [-0.25, -0.2) is 4.98 Å². The highest BCUT2D eigenvalue weighted by Crippen LogP contribution is 2.15. The Morgan fingerprint density at radius 1 is 1.64 bits per heavy atom. The molecule has 1 heterocycles. The van der Waals surface area contributed by atoms with Crippen LogP contribution in [0.5, 0.6) is 5.88 Å². The van der Waals surface area contributed by atoms with E-state index in [1.54, 1.807) is 6.92 Å². The molecular weight excluding hydrogens is 206 g/mol. The average Bonchev–Trinajstić information content (AvgIpc) is 2.16. The van der Waals surface area contributed by atoms with Gasteiger partial charge in [0.25, 0.3) is 0 Å². The van der Waals surface area contributed by atoms with Gasteiger partial charge in [0.15, 0.2) is 0 Å². The SMILES string of the molecule is CCC(=O)Nc1nc(Cl)cc(OC)n1. The van der Waals surface area contributed by atoms with E-state index < -0.39 is 0 Å². The second-order valence-corrected chi connectivity index (χ2v) is 2.85. The molecule has 0 bridgehead atoms. The highest BCUT2D eigenvalue weighted by atomic mass is 35.5. The fourth-order valence-electron chi connectivity index (χ4n) is 0.771. The molecule has 0 aliphatic carbocycles. The number of hydrogen-bond donors (Lipinski definition) is 1. The molecule has 1 N–H and O–H groups in total. The first kappa shape index (κ1) is 10.7. The number of hydrogen-bond acceptors (Lipinski definition) is 4. The van der Waals surface area contributed by atoms with Gasteiger partial charge < -0.3 is 4.74 Å². The first-order chi connectivity index (χ1) is 6.65. The third-order valence-electron chi connectivity index (χ3n) is 1.45. The van der Waals surface area contributed by atoms with Crippen molar-refractivity contribution in [2.24, 2.45) is 0 Å². The Morgan fingerprint density at radius 3 is 2.93 bits per heavy atom. The normalized spacial score (nSPS) is 9.64. The van der Waals surface area contributed by atoms with Crippen molar-refractivity contribution in [3.63, 3.8) is 0 Å². The summed E-state index contributed by atoms with van der Waals surface area (Å²) in [5.74, 6) is 0.298. The van der Waals surface area contributed by atoms with Crippen molar-refractivity contribution in [2.75, 3.05) is 12.4 Å². The molecule has 0 saturated heterocycles. The van der Waals surface area contributed by atoms with Crippen LogP contribution in [0.15, 0.2) is 6.07 Å². The largest absolute Gasteiger partial charge is 0.481 e. The van der Waals surface area contributed by atoms with Crippen LogP contribution in [0.4, 0.5) is 5.95 Å². The number of amides is 1. The molecule has 1 rings (SSSR count). The Morgan fingerprint density at radius 2 is 2.36 bits per heavy atom. The minimum atomic E-state index is -0.172. The van der Waals surface area contributed by atoms with Crippen molar-refractivity contribution in [2.45, 2.75) is 13.3 Å². The molecule has 0 fully saturated rings. The number of anilines is 1. The lowest BCUT2D eigenvalue weighted by molar-refractivity contribution is -0.115. The molecule has 0 saturated carbocycles. The smallest absolute Gasteiger partial charge is 0.234 e. The van der Waals surface area contributed by atoms with Crippen LogP contribution >= 0.6 is 11.6 Å². The number of carbonyl (C=O) groups is 1. The first-order valence-electron chi connectivity index (χ1n) is 4.04. The van der Waals surface area contributed by atoms with Gasteiger partial charge in [-0.15, -0.1) is 0 Å². The van der Waals surface area contributed by atoms with Gasteiger partial charge in [-0.05, 0) is 0 Å². The summed E-state index contributed by atoms with van der Waals surface area (Å²) in [5.41, 5.74) is 0. The fraction of sp³-hybridized carbons (Fsp3) is 0.375. The average molecular weight is 216 g/mol. The molecule has 1 aromatic heterocycles. The van der Waals surface area contributed by atoms with Crippen molar-refractivity contribution in [3.05, 3.63) is 11.2 Å². The second-order valence-electron chi connectivity index (χ2n) is 2.46. The zero-order valence-corrected chi connectivity index (χ0v) is 8.63. The highest BCUT2D eigenvalue weighted by Gasteiger charge is 2.05. The van der Waals surface area contributed by atoms with Gasteiger partial charge in [0, 0.05) is 12.5 Å². The fourth-order valence-corrected chi connectivity index (χ4v) is 0.944. The molecule has 0 aromatic carbocycles. The van der Waals surface area contributed by atoms with Crippen molar-refractivity contribution in [3.8, 4) is 5.88 Å².